The molecule has 31 heavy (non-hydrogen) atoms. The molecule has 2 aliphatic rings. The van der Waals surface area contributed by atoms with Crippen molar-refractivity contribution in [3.05, 3.63) is 46.3 Å². The molecule has 0 saturated carbocycles. The first kappa shape index (κ1) is 21.4. The minimum atomic E-state index is -0.285. The minimum absolute atomic E-state index is 0.269. The van der Waals surface area contributed by atoms with Gasteiger partial charge in [0.25, 0.3) is 11.8 Å². The minimum Gasteiger partial charge on any atom is -0.490 e. The van der Waals surface area contributed by atoms with Gasteiger partial charge in [0.1, 0.15) is 5.70 Å². The normalized spacial score (nSPS) is 17.6. The average Bonchev–Trinajstić information content (AvgIpc) is 3.37. The van der Waals surface area contributed by atoms with Crippen LogP contribution in [0.4, 0.5) is 5.69 Å². The number of thiophene rings is 1. The second-order valence-electron chi connectivity index (χ2n) is 7.81. The van der Waals surface area contributed by atoms with Crippen LogP contribution in [-0.2, 0) is 9.59 Å². The number of carbonyl (C=O) groups is 2. The van der Waals surface area contributed by atoms with Crippen LogP contribution < -0.4 is 14.4 Å². The molecule has 0 unspecified atom stereocenters. The van der Waals surface area contributed by atoms with Gasteiger partial charge in [-0.25, -0.2) is 4.90 Å². The Morgan fingerprint density at radius 2 is 1.71 bits per heavy atom. The van der Waals surface area contributed by atoms with Crippen LogP contribution in [0.1, 0.15) is 38.5 Å². The maximum atomic E-state index is 13.6. The number of likely N-dealkylation sites (tertiary alicyclic amines) is 1. The Morgan fingerprint density at radius 3 is 2.35 bits per heavy atom. The van der Waals surface area contributed by atoms with E-state index in [1.807, 2.05) is 31.4 Å². The molecule has 1 aromatic carbocycles. The lowest BCUT2D eigenvalue weighted by molar-refractivity contribution is -0.120. The van der Waals surface area contributed by atoms with E-state index in [0.29, 0.717) is 47.6 Å². The third-order valence-electron chi connectivity index (χ3n) is 5.71. The molecule has 4 rings (SSSR count). The van der Waals surface area contributed by atoms with Gasteiger partial charge in [0.05, 0.1) is 24.5 Å². The number of hydrogen-bond acceptors (Lipinski definition) is 6. The highest BCUT2D eigenvalue weighted by Crippen LogP contribution is 2.40. The van der Waals surface area contributed by atoms with E-state index in [-0.39, 0.29) is 11.8 Å². The Bertz CT molecular complexity index is 991. The van der Waals surface area contributed by atoms with E-state index in [1.54, 1.807) is 18.2 Å². The highest BCUT2D eigenvalue weighted by atomic mass is 32.1. The number of nitrogens with zero attached hydrogens (tertiary/aromatic N) is 2. The molecule has 2 amide bonds. The molecule has 0 spiro atoms. The zero-order valence-corrected chi connectivity index (χ0v) is 19.0. The quantitative estimate of drug-likeness (QED) is 0.591. The van der Waals surface area contributed by atoms with Crippen molar-refractivity contribution in [1.82, 2.24) is 4.90 Å². The lowest BCUT2D eigenvalue weighted by atomic mass is 9.98. The molecule has 0 bridgehead atoms. The lowest BCUT2D eigenvalue weighted by Gasteiger charge is -2.32. The van der Waals surface area contributed by atoms with E-state index in [4.69, 9.17) is 9.47 Å². The van der Waals surface area contributed by atoms with Crippen LogP contribution in [0.3, 0.4) is 0 Å². The second kappa shape index (κ2) is 9.14. The Kier molecular flexibility index (Phi) is 6.32. The van der Waals surface area contributed by atoms with E-state index < -0.39 is 0 Å². The van der Waals surface area contributed by atoms with Crippen LogP contribution in [0.25, 0.3) is 5.57 Å². The summed E-state index contributed by atoms with van der Waals surface area (Å²) in [6.07, 6.45) is 2.03. The number of piperidine rings is 1. The van der Waals surface area contributed by atoms with E-state index in [9.17, 15) is 9.59 Å². The maximum absolute atomic E-state index is 13.6. The van der Waals surface area contributed by atoms with Gasteiger partial charge in [-0.15, -0.1) is 11.3 Å². The standard InChI is InChI=1S/C24H28N2O4S/c1-4-29-18-9-8-17(15-19(18)30-5-2)26-23(27)21(20-7-6-14-31-20)22(24(26)28)25-12-10-16(3)11-13-25/h6-9,14-16H,4-5,10-13H2,1-3H3. The number of ether oxygens (including phenoxy) is 2. The van der Waals surface area contributed by atoms with Crippen molar-refractivity contribution in [2.24, 2.45) is 5.92 Å². The fourth-order valence-electron chi connectivity index (χ4n) is 4.10. The smallest absolute Gasteiger partial charge is 0.282 e. The van der Waals surface area contributed by atoms with Crippen LogP contribution in [0.15, 0.2) is 41.4 Å². The highest BCUT2D eigenvalue weighted by Gasteiger charge is 2.43. The number of rotatable bonds is 7. The van der Waals surface area contributed by atoms with Gasteiger partial charge in [-0.1, -0.05) is 13.0 Å². The zero-order valence-electron chi connectivity index (χ0n) is 18.2. The van der Waals surface area contributed by atoms with Crippen molar-refractivity contribution in [2.75, 3.05) is 31.2 Å². The van der Waals surface area contributed by atoms with Crippen molar-refractivity contribution in [2.45, 2.75) is 33.6 Å². The Hall–Kier alpha value is -2.80. The van der Waals surface area contributed by atoms with Gasteiger partial charge >= 0.3 is 0 Å². The third-order valence-corrected chi connectivity index (χ3v) is 6.60. The number of amides is 2. The van der Waals surface area contributed by atoms with Gasteiger partial charge in [-0.3, -0.25) is 9.59 Å². The van der Waals surface area contributed by atoms with Crippen molar-refractivity contribution in [3.8, 4) is 11.5 Å². The number of imide groups is 1. The zero-order chi connectivity index (χ0) is 22.0. The van der Waals surface area contributed by atoms with Gasteiger partial charge in [0.2, 0.25) is 0 Å². The van der Waals surface area contributed by atoms with Crippen LogP contribution in [0, 0.1) is 5.92 Å². The molecule has 2 aromatic rings. The number of benzene rings is 1. The number of hydrogen-bond donors (Lipinski definition) is 0. The first-order chi connectivity index (χ1) is 15.0. The molecule has 0 atom stereocenters. The van der Waals surface area contributed by atoms with Crippen LogP contribution in [-0.4, -0.2) is 43.0 Å². The summed E-state index contributed by atoms with van der Waals surface area (Å²) in [5.74, 6) is 1.21. The van der Waals surface area contributed by atoms with Gasteiger partial charge in [-0.2, -0.15) is 0 Å². The maximum Gasteiger partial charge on any atom is 0.282 e. The number of anilines is 1. The van der Waals surface area contributed by atoms with Crippen molar-refractivity contribution in [1.29, 1.82) is 0 Å². The molecule has 1 fully saturated rings. The summed E-state index contributed by atoms with van der Waals surface area (Å²) in [6.45, 7) is 8.55. The molecule has 0 N–H and O–H groups in total. The van der Waals surface area contributed by atoms with Crippen molar-refractivity contribution in [3.63, 3.8) is 0 Å². The highest BCUT2D eigenvalue weighted by molar-refractivity contribution is 7.11. The summed E-state index contributed by atoms with van der Waals surface area (Å²) in [5, 5.41) is 1.93. The summed E-state index contributed by atoms with van der Waals surface area (Å²) < 4.78 is 11.4. The van der Waals surface area contributed by atoms with Gasteiger partial charge in [0.15, 0.2) is 11.5 Å². The summed E-state index contributed by atoms with van der Waals surface area (Å²) in [7, 11) is 0. The second-order valence-corrected chi connectivity index (χ2v) is 8.76. The van der Waals surface area contributed by atoms with E-state index in [1.165, 1.54) is 16.2 Å². The predicted molar refractivity (Wildman–Crippen MR) is 122 cm³/mol. The summed E-state index contributed by atoms with van der Waals surface area (Å²) in [4.78, 5) is 31.4. The topological polar surface area (TPSA) is 59.1 Å². The first-order valence-electron chi connectivity index (χ1n) is 10.9. The largest absolute Gasteiger partial charge is 0.490 e. The molecule has 164 valence electrons. The molecular formula is C24H28N2O4S. The van der Waals surface area contributed by atoms with Crippen LogP contribution in [0.5, 0.6) is 11.5 Å². The summed E-state index contributed by atoms with van der Waals surface area (Å²) in [6, 6.07) is 9.04. The van der Waals surface area contributed by atoms with Gasteiger partial charge < -0.3 is 14.4 Å². The van der Waals surface area contributed by atoms with Crippen molar-refractivity contribution >= 4 is 34.4 Å². The molecule has 3 heterocycles. The van der Waals surface area contributed by atoms with Gasteiger partial charge in [-0.05, 0) is 56.2 Å². The van der Waals surface area contributed by atoms with E-state index in [2.05, 4.69) is 11.8 Å². The monoisotopic (exact) mass is 440 g/mol. The number of carbonyl (C=O) groups excluding carboxylic acids is 2. The summed E-state index contributed by atoms with van der Waals surface area (Å²) in [5.41, 5.74) is 1.52. The van der Waals surface area contributed by atoms with Crippen LogP contribution >= 0.6 is 11.3 Å². The molecule has 2 aliphatic heterocycles. The third kappa shape index (κ3) is 4.06. The predicted octanol–water partition coefficient (Wildman–Crippen LogP) is 4.56. The van der Waals surface area contributed by atoms with Gasteiger partial charge in [0, 0.05) is 24.0 Å². The fourth-order valence-corrected chi connectivity index (χ4v) is 4.86. The molecule has 1 aromatic heterocycles. The molecule has 0 aliphatic carbocycles. The van der Waals surface area contributed by atoms with Crippen LogP contribution in [0.2, 0.25) is 0 Å². The Balaban J connectivity index is 1.74. The Labute approximate surface area is 187 Å². The molecule has 1 saturated heterocycles. The first-order valence-corrected chi connectivity index (χ1v) is 11.7. The van der Waals surface area contributed by atoms with E-state index >= 15 is 0 Å². The molecule has 6 nitrogen and oxygen atoms in total. The summed E-state index contributed by atoms with van der Waals surface area (Å²) >= 11 is 1.48. The molecule has 7 heteroatoms. The fraction of sp³-hybridized carbons (Fsp3) is 0.417. The average molecular weight is 441 g/mol. The lowest BCUT2D eigenvalue weighted by Crippen LogP contribution is -2.38. The van der Waals surface area contributed by atoms with Crippen molar-refractivity contribution < 1.29 is 19.1 Å². The van der Waals surface area contributed by atoms with E-state index in [0.717, 1.165) is 30.8 Å². The molecule has 0 radical (unpaired) electrons. The molecular weight excluding hydrogens is 412 g/mol. The SMILES string of the molecule is CCOc1ccc(N2C(=O)C(c3cccs3)=C(N3CCC(C)CC3)C2=O)cc1OCC. The Morgan fingerprint density at radius 1 is 1.00 bits per heavy atom.